The number of hydrogen-bond acceptors (Lipinski definition) is 6. The van der Waals surface area contributed by atoms with E-state index in [4.69, 9.17) is 4.74 Å². The van der Waals surface area contributed by atoms with Gasteiger partial charge in [-0.05, 0) is 12.5 Å². The predicted octanol–water partition coefficient (Wildman–Crippen LogP) is 0.865. The summed E-state index contributed by atoms with van der Waals surface area (Å²) in [5.74, 6) is 0.804. The highest BCUT2D eigenvalue weighted by Gasteiger charge is 2.27. The Morgan fingerprint density at radius 3 is 3.04 bits per heavy atom. The number of aromatic amines is 1. The number of methoxy groups -OCH3 is 1. The van der Waals surface area contributed by atoms with Gasteiger partial charge in [-0.1, -0.05) is 6.92 Å². The summed E-state index contributed by atoms with van der Waals surface area (Å²) in [5.41, 5.74) is 0.556. The van der Waals surface area contributed by atoms with Gasteiger partial charge in [0.1, 0.15) is 5.52 Å². The summed E-state index contributed by atoms with van der Waals surface area (Å²) in [5, 5.41) is 0.590. The SMILES string of the molecule is CCC1CN(c2nccc3c(=O)[nH]cnc23)CCN1CCOC. The fourth-order valence-electron chi connectivity index (χ4n) is 3.19. The van der Waals surface area contributed by atoms with Crippen LogP contribution < -0.4 is 10.5 Å². The van der Waals surface area contributed by atoms with Crippen molar-refractivity contribution in [1.82, 2.24) is 19.9 Å². The summed E-state index contributed by atoms with van der Waals surface area (Å²) in [6, 6.07) is 2.18. The number of nitrogens with one attached hydrogen (secondary N) is 1. The summed E-state index contributed by atoms with van der Waals surface area (Å²) in [6.45, 7) is 6.63. The predicted molar refractivity (Wildman–Crippen MR) is 89.9 cm³/mol. The van der Waals surface area contributed by atoms with Gasteiger partial charge < -0.3 is 14.6 Å². The molecule has 1 aliphatic heterocycles. The molecule has 1 N–H and O–H groups in total. The normalized spacial score (nSPS) is 19.4. The van der Waals surface area contributed by atoms with Crippen molar-refractivity contribution in [3.05, 3.63) is 28.9 Å². The lowest BCUT2D eigenvalue weighted by molar-refractivity contribution is 0.109. The van der Waals surface area contributed by atoms with Crippen molar-refractivity contribution < 1.29 is 4.74 Å². The van der Waals surface area contributed by atoms with Crippen LogP contribution in [0, 0.1) is 0 Å². The fraction of sp³-hybridized carbons (Fsp3) is 0.562. The zero-order chi connectivity index (χ0) is 16.2. The molecule has 0 spiro atoms. The van der Waals surface area contributed by atoms with E-state index in [-0.39, 0.29) is 5.56 Å². The molecule has 1 saturated heterocycles. The topological polar surface area (TPSA) is 74.4 Å². The van der Waals surface area contributed by atoms with Crippen molar-refractivity contribution in [3.8, 4) is 0 Å². The number of nitrogens with zero attached hydrogens (tertiary/aromatic N) is 4. The van der Waals surface area contributed by atoms with Crippen molar-refractivity contribution >= 4 is 16.7 Å². The first-order valence-electron chi connectivity index (χ1n) is 8.05. The van der Waals surface area contributed by atoms with Gasteiger partial charge >= 0.3 is 0 Å². The van der Waals surface area contributed by atoms with E-state index in [1.165, 1.54) is 6.33 Å². The van der Waals surface area contributed by atoms with E-state index in [1.807, 2.05) is 0 Å². The van der Waals surface area contributed by atoms with Crippen LogP contribution in [0.3, 0.4) is 0 Å². The van der Waals surface area contributed by atoms with Crippen molar-refractivity contribution in [1.29, 1.82) is 0 Å². The van der Waals surface area contributed by atoms with Gasteiger partial charge in [-0.2, -0.15) is 0 Å². The lowest BCUT2D eigenvalue weighted by Crippen LogP contribution is -2.54. The molecular formula is C16H23N5O2. The molecule has 1 unspecified atom stereocenters. The zero-order valence-electron chi connectivity index (χ0n) is 13.7. The molecule has 7 nitrogen and oxygen atoms in total. The van der Waals surface area contributed by atoms with Gasteiger partial charge in [0, 0.05) is 45.5 Å². The molecule has 1 fully saturated rings. The Labute approximate surface area is 135 Å². The molecule has 2 aromatic rings. The molecule has 1 atom stereocenters. The lowest BCUT2D eigenvalue weighted by Gasteiger charge is -2.41. The van der Waals surface area contributed by atoms with Gasteiger partial charge in [0.05, 0.1) is 18.3 Å². The number of piperazine rings is 1. The Morgan fingerprint density at radius 1 is 1.39 bits per heavy atom. The van der Waals surface area contributed by atoms with Gasteiger partial charge in [0.15, 0.2) is 5.82 Å². The van der Waals surface area contributed by atoms with E-state index in [1.54, 1.807) is 19.4 Å². The number of H-pyrrole nitrogens is 1. The number of pyridine rings is 1. The molecule has 2 aromatic heterocycles. The first-order chi connectivity index (χ1) is 11.2. The van der Waals surface area contributed by atoms with Crippen LogP contribution in [0.1, 0.15) is 13.3 Å². The summed E-state index contributed by atoms with van der Waals surface area (Å²) in [4.78, 5) is 28.1. The second kappa shape index (κ2) is 7.06. The van der Waals surface area contributed by atoms with Crippen LogP contribution in [0.2, 0.25) is 0 Å². The van der Waals surface area contributed by atoms with Gasteiger partial charge in [-0.15, -0.1) is 0 Å². The molecule has 1 aliphatic rings. The molecule has 23 heavy (non-hydrogen) atoms. The highest BCUT2D eigenvalue weighted by atomic mass is 16.5. The number of hydrogen-bond donors (Lipinski definition) is 1. The number of anilines is 1. The van der Waals surface area contributed by atoms with Crippen molar-refractivity contribution in [2.75, 3.05) is 44.8 Å². The molecule has 0 amide bonds. The molecular weight excluding hydrogens is 294 g/mol. The monoisotopic (exact) mass is 317 g/mol. The molecule has 124 valence electrons. The minimum absolute atomic E-state index is 0.121. The minimum Gasteiger partial charge on any atom is -0.383 e. The van der Waals surface area contributed by atoms with Crippen LogP contribution in [0.5, 0.6) is 0 Å². The smallest absolute Gasteiger partial charge is 0.258 e. The van der Waals surface area contributed by atoms with Crippen LogP contribution >= 0.6 is 0 Å². The van der Waals surface area contributed by atoms with Gasteiger partial charge in [0.2, 0.25) is 0 Å². The maximum absolute atomic E-state index is 11.9. The third-order valence-electron chi connectivity index (χ3n) is 4.50. The van der Waals surface area contributed by atoms with Crippen LogP contribution in [-0.4, -0.2) is 65.8 Å². The first kappa shape index (κ1) is 15.9. The third-order valence-corrected chi connectivity index (χ3v) is 4.50. The largest absolute Gasteiger partial charge is 0.383 e. The maximum atomic E-state index is 11.9. The standard InChI is InChI=1S/C16H23N5O2/c1-3-12-10-21(7-6-20(12)8-9-23-2)15-14-13(4-5-17-15)16(22)19-11-18-14/h4-5,11-12H,3,6-10H2,1-2H3,(H,18,19,22). The summed E-state index contributed by atoms with van der Waals surface area (Å²) in [6.07, 6.45) is 4.20. The van der Waals surface area contributed by atoms with Crippen molar-refractivity contribution in [3.63, 3.8) is 0 Å². The Bertz CT molecular complexity index is 717. The molecule has 0 bridgehead atoms. The van der Waals surface area contributed by atoms with E-state index < -0.39 is 0 Å². The Hall–Kier alpha value is -1.99. The zero-order valence-corrected chi connectivity index (χ0v) is 13.7. The minimum atomic E-state index is -0.121. The summed E-state index contributed by atoms with van der Waals surface area (Å²) < 4.78 is 5.20. The van der Waals surface area contributed by atoms with Gasteiger partial charge in [0.25, 0.3) is 5.56 Å². The highest BCUT2D eigenvalue weighted by molar-refractivity contribution is 5.87. The third kappa shape index (κ3) is 3.20. The van der Waals surface area contributed by atoms with E-state index in [0.29, 0.717) is 16.9 Å². The number of aromatic nitrogens is 3. The van der Waals surface area contributed by atoms with E-state index >= 15 is 0 Å². The van der Waals surface area contributed by atoms with Gasteiger partial charge in [-0.25, -0.2) is 9.97 Å². The van der Waals surface area contributed by atoms with Gasteiger partial charge in [-0.3, -0.25) is 9.69 Å². The van der Waals surface area contributed by atoms with E-state index in [0.717, 1.165) is 45.0 Å². The highest BCUT2D eigenvalue weighted by Crippen LogP contribution is 2.23. The van der Waals surface area contributed by atoms with E-state index in [9.17, 15) is 4.79 Å². The van der Waals surface area contributed by atoms with Crippen LogP contribution in [-0.2, 0) is 4.74 Å². The average molecular weight is 317 g/mol. The van der Waals surface area contributed by atoms with Crippen molar-refractivity contribution in [2.45, 2.75) is 19.4 Å². The molecule has 3 rings (SSSR count). The fourth-order valence-corrected chi connectivity index (χ4v) is 3.19. The Balaban J connectivity index is 1.86. The molecule has 0 aliphatic carbocycles. The Morgan fingerprint density at radius 2 is 2.26 bits per heavy atom. The number of ether oxygens (including phenoxy) is 1. The molecule has 0 radical (unpaired) electrons. The maximum Gasteiger partial charge on any atom is 0.258 e. The molecule has 0 saturated carbocycles. The average Bonchev–Trinajstić information content (AvgIpc) is 2.60. The quantitative estimate of drug-likeness (QED) is 0.882. The summed E-state index contributed by atoms with van der Waals surface area (Å²) in [7, 11) is 1.74. The molecule has 7 heteroatoms. The number of fused-ring (bicyclic) bond motifs is 1. The van der Waals surface area contributed by atoms with Crippen LogP contribution in [0.25, 0.3) is 10.9 Å². The first-order valence-corrected chi connectivity index (χ1v) is 8.05. The Kier molecular flexibility index (Phi) is 4.88. The molecule has 3 heterocycles. The summed E-state index contributed by atoms with van der Waals surface area (Å²) >= 11 is 0. The van der Waals surface area contributed by atoms with Crippen LogP contribution in [0.4, 0.5) is 5.82 Å². The molecule has 0 aromatic carbocycles. The second-order valence-corrected chi connectivity index (χ2v) is 5.80. The van der Waals surface area contributed by atoms with E-state index in [2.05, 4.69) is 31.7 Å². The number of rotatable bonds is 5. The second-order valence-electron chi connectivity index (χ2n) is 5.80. The van der Waals surface area contributed by atoms with Crippen LogP contribution in [0.15, 0.2) is 23.4 Å². The lowest BCUT2D eigenvalue weighted by atomic mass is 10.1. The van der Waals surface area contributed by atoms with Crippen molar-refractivity contribution in [2.24, 2.45) is 0 Å².